The van der Waals surface area contributed by atoms with Gasteiger partial charge in [0.05, 0.1) is 0 Å². The number of benzene rings is 3. The quantitative estimate of drug-likeness (QED) is 0.140. The maximum absolute atomic E-state index is 12.8. The van der Waals surface area contributed by atoms with Crippen molar-refractivity contribution >= 4 is 34.2 Å². The molecule has 0 saturated heterocycles. The summed E-state index contributed by atoms with van der Waals surface area (Å²) in [6.45, 7) is 3.40. The van der Waals surface area contributed by atoms with Crippen LogP contribution in [-0.4, -0.2) is 28.1 Å². The maximum atomic E-state index is 12.8. The maximum Gasteiger partial charge on any atom is 0.412 e. The topological polar surface area (TPSA) is 125 Å². The fourth-order valence-electron chi connectivity index (χ4n) is 3.83. The number of phenolic OH excluding ortho intramolecular Hbond substituents is 1. The lowest BCUT2D eigenvalue weighted by atomic mass is 9.89. The minimum absolute atomic E-state index is 0.0715. The van der Waals surface area contributed by atoms with E-state index in [0.717, 1.165) is 10.9 Å². The number of amides is 2. The van der Waals surface area contributed by atoms with Gasteiger partial charge in [-0.25, -0.2) is 10.3 Å². The van der Waals surface area contributed by atoms with Gasteiger partial charge in [0.2, 0.25) is 0 Å². The summed E-state index contributed by atoms with van der Waals surface area (Å²) in [6.07, 6.45) is 2.64. The number of fused-ring (bicyclic) bond motifs is 1. The molecule has 0 unspecified atom stereocenters. The largest absolute Gasteiger partial charge is 0.507 e. The average molecular weight is 477 g/mol. The molecular weight excluding hydrogens is 448 g/mol. The van der Waals surface area contributed by atoms with Crippen LogP contribution in [0.4, 0.5) is 10.5 Å². The highest BCUT2D eigenvalue weighted by atomic mass is 16.6. The van der Waals surface area contributed by atoms with Gasteiger partial charge in [-0.15, -0.1) is 0 Å². The van der Waals surface area contributed by atoms with Gasteiger partial charge in [0.25, 0.3) is 5.91 Å². The highest BCUT2D eigenvalue weighted by molar-refractivity contribution is 5.95. The van der Waals surface area contributed by atoms with E-state index in [1.165, 1.54) is 13.0 Å². The number of rotatable bonds is 9. The third-order valence-electron chi connectivity index (χ3n) is 5.70. The van der Waals surface area contributed by atoms with Gasteiger partial charge in [-0.05, 0) is 61.4 Å². The van der Waals surface area contributed by atoms with Gasteiger partial charge in [-0.2, -0.15) is 0 Å². The molecule has 3 rings (SSSR count). The first-order valence-corrected chi connectivity index (χ1v) is 11.2. The van der Waals surface area contributed by atoms with Gasteiger partial charge < -0.3 is 9.84 Å². The summed E-state index contributed by atoms with van der Waals surface area (Å²) in [5.41, 5.74) is 3.30. The average Bonchev–Trinajstić information content (AvgIpc) is 2.86. The fourth-order valence-corrected chi connectivity index (χ4v) is 3.83. The van der Waals surface area contributed by atoms with Crippen molar-refractivity contribution in [3.63, 3.8) is 0 Å². The van der Waals surface area contributed by atoms with E-state index >= 15 is 0 Å². The van der Waals surface area contributed by atoms with Gasteiger partial charge in [-0.3, -0.25) is 20.1 Å². The Hall–Kier alpha value is -4.17. The molecule has 8 heteroatoms. The van der Waals surface area contributed by atoms with E-state index in [1.54, 1.807) is 54.0 Å². The molecular formula is C27H28N2O6. The van der Waals surface area contributed by atoms with Crippen molar-refractivity contribution in [2.24, 2.45) is 5.92 Å². The number of hydroxylamine groups is 1. The molecule has 0 aromatic heterocycles. The number of aromatic hydroxyl groups is 1. The molecule has 8 nitrogen and oxygen atoms in total. The lowest BCUT2D eigenvalue weighted by Crippen LogP contribution is -2.22. The number of allylic oxidation sites excluding steroid dienone is 1. The zero-order valence-corrected chi connectivity index (χ0v) is 19.5. The Bertz CT molecular complexity index is 1240. The summed E-state index contributed by atoms with van der Waals surface area (Å²) < 4.78 is 5.89. The summed E-state index contributed by atoms with van der Waals surface area (Å²) in [7, 11) is 0. The monoisotopic (exact) mass is 476 g/mol. The first kappa shape index (κ1) is 25.5. The molecule has 4 N–H and O–H groups in total. The number of anilines is 1. The molecule has 0 heterocycles. The van der Waals surface area contributed by atoms with E-state index in [-0.39, 0.29) is 17.5 Å². The lowest BCUT2D eigenvalue weighted by Gasteiger charge is -2.26. The molecule has 3 aromatic rings. The number of ketones is 1. The number of phenols is 1. The van der Waals surface area contributed by atoms with Crippen molar-refractivity contribution in [1.29, 1.82) is 0 Å². The van der Waals surface area contributed by atoms with Crippen molar-refractivity contribution in [3.8, 4) is 5.75 Å². The molecule has 0 aliphatic heterocycles. The number of nitrogens with one attached hydrogen (secondary N) is 2. The SMILES string of the molecule is CC(=O)c1ccc(NC(=O)O[C@H](c2ccc(O)c3ccccc23)[C@@H](C)CC/C=C/C(=O)NO)cc1. The van der Waals surface area contributed by atoms with Crippen LogP contribution in [0.3, 0.4) is 0 Å². The Balaban J connectivity index is 1.84. The second-order valence-corrected chi connectivity index (χ2v) is 8.24. The second-order valence-electron chi connectivity index (χ2n) is 8.24. The Morgan fingerprint density at radius 1 is 1.00 bits per heavy atom. The Kier molecular flexibility index (Phi) is 8.58. The summed E-state index contributed by atoms with van der Waals surface area (Å²) in [5, 5.41) is 23.0. The van der Waals surface area contributed by atoms with Crippen LogP contribution in [0.2, 0.25) is 0 Å². The van der Waals surface area contributed by atoms with Crippen LogP contribution >= 0.6 is 0 Å². The third-order valence-corrected chi connectivity index (χ3v) is 5.70. The zero-order valence-electron chi connectivity index (χ0n) is 19.5. The first-order chi connectivity index (χ1) is 16.8. The summed E-state index contributed by atoms with van der Waals surface area (Å²) >= 11 is 0. The predicted octanol–water partition coefficient (Wildman–Crippen LogP) is 5.52. The summed E-state index contributed by atoms with van der Waals surface area (Å²) in [5.74, 6) is -0.720. The standard InChI is InChI=1S/C27H28N2O6/c1-17(7-3-6-10-25(32)29-34)26(23-15-16-24(31)22-9-5-4-8-21(22)23)35-27(33)28-20-13-11-19(12-14-20)18(2)30/h4-6,8-17,26,31,34H,3,7H2,1-2H3,(H,28,33)(H,29,32)/b10-6+/t17-,26-/m0/s1. The number of carbonyl (C=O) groups excluding carboxylic acids is 3. The van der Waals surface area contributed by atoms with Crippen molar-refractivity contribution in [2.45, 2.75) is 32.8 Å². The molecule has 0 spiro atoms. The predicted molar refractivity (Wildman–Crippen MR) is 132 cm³/mol. The van der Waals surface area contributed by atoms with E-state index < -0.39 is 18.1 Å². The van der Waals surface area contributed by atoms with Crippen LogP contribution in [0.5, 0.6) is 5.75 Å². The van der Waals surface area contributed by atoms with Crippen LogP contribution in [0.15, 0.2) is 72.8 Å². The normalized spacial score (nSPS) is 12.8. The number of hydrogen-bond acceptors (Lipinski definition) is 6. The zero-order chi connectivity index (χ0) is 25.4. The van der Waals surface area contributed by atoms with E-state index in [2.05, 4.69) is 5.32 Å². The Morgan fingerprint density at radius 3 is 2.34 bits per heavy atom. The van der Waals surface area contributed by atoms with Gasteiger partial charge in [0.15, 0.2) is 5.78 Å². The van der Waals surface area contributed by atoms with Crippen molar-refractivity contribution in [3.05, 3.63) is 83.9 Å². The van der Waals surface area contributed by atoms with E-state index in [9.17, 15) is 19.5 Å². The molecule has 0 bridgehead atoms. The second kappa shape index (κ2) is 11.8. The van der Waals surface area contributed by atoms with E-state index in [4.69, 9.17) is 9.94 Å². The minimum atomic E-state index is -0.662. The molecule has 2 atom stereocenters. The molecule has 35 heavy (non-hydrogen) atoms. The number of Topliss-reactive ketones (excluding diaryl/α,β-unsaturated/α-hetero) is 1. The summed E-state index contributed by atoms with van der Waals surface area (Å²) in [4.78, 5) is 35.5. The Labute approximate surface area is 203 Å². The first-order valence-electron chi connectivity index (χ1n) is 11.2. The summed E-state index contributed by atoms with van der Waals surface area (Å²) in [6, 6.07) is 17.1. The Morgan fingerprint density at radius 2 is 1.69 bits per heavy atom. The van der Waals surface area contributed by atoms with E-state index in [1.807, 2.05) is 25.1 Å². The smallest absolute Gasteiger partial charge is 0.412 e. The van der Waals surface area contributed by atoms with Crippen LogP contribution in [0.25, 0.3) is 10.8 Å². The molecule has 2 amide bonds. The molecule has 0 aliphatic rings. The van der Waals surface area contributed by atoms with Crippen molar-refractivity contribution in [1.82, 2.24) is 5.48 Å². The van der Waals surface area contributed by atoms with Gasteiger partial charge in [0, 0.05) is 28.3 Å². The molecule has 0 saturated carbocycles. The van der Waals surface area contributed by atoms with E-state index in [0.29, 0.717) is 29.5 Å². The van der Waals surface area contributed by atoms with Crippen molar-refractivity contribution in [2.75, 3.05) is 5.32 Å². The molecule has 182 valence electrons. The highest BCUT2D eigenvalue weighted by Gasteiger charge is 2.26. The lowest BCUT2D eigenvalue weighted by molar-refractivity contribution is -0.124. The van der Waals surface area contributed by atoms with Gasteiger partial charge in [0.1, 0.15) is 11.9 Å². The number of carbonyl (C=O) groups is 3. The van der Waals surface area contributed by atoms with Gasteiger partial charge in [-0.1, -0.05) is 43.3 Å². The third kappa shape index (κ3) is 6.68. The number of ether oxygens (including phenoxy) is 1. The molecule has 0 fully saturated rings. The van der Waals surface area contributed by atoms with Crippen LogP contribution < -0.4 is 10.8 Å². The van der Waals surface area contributed by atoms with Gasteiger partial charge >= 0.3 is 6.09 Å². The molecule has 3 aromatic carbocycles. The molecule has 0 radical (unpaired) electrons. The number of hydrogen-bond donors (Lipinski definition) is 4. The van der Waals surface area contributed by atoms with Crippen LogP contribution in [0, 0.1) is 5.92 Å². The van der Waals surface area contributed by atoms with Crippen LogP contribution in [0.1, 0.15) is 48.7 Å². The minimum Gasteiger partial charge on any atom is -0.507 e. The van der Waals surface area contributed by atoms with Crippen LogP contribution in [-0.2, 0) is 9.53 Å². The fraction of sp³-hybridized carbons (Fsp3) is 0.222. The highest BCUT2D eigenvalue weighted by Crippen LogP contribution is 2.37. The van der Waals surface area contributed by atoms with Crippen molar-refractivity contribution < 1.29 is 29.4 Å². The molecule has 0 aliphatic carbocycles.